The molecule has 2 amide bonds. The van der Waals surface area contributed by atoms with Gasteiger partial charge in [0, 0.05) is 59.2 Å². The highest BCUT2D eigenvalue weighted by Gasteiger charge is 2.25. The molecular formula is C41H46N6O9S. The largest absolute Gasteiger partial charge is 0.508 e. The molecule has 2 heterocycles. The quantitative estimate of drug-likeness (QED) is 0.0470. The number of carbonyl (C=O) groups is 2. The first-order valence-electron chi connectivity index (χ1n) is 18.5. The smallest absolute Gasteiger partial charge is 0.262 e. The third kappa shape index (κ3) is 9.61. The second-order valence-corrected chi connectivity index (χ2v) is 15.6. The number of phenols is 1. The number of benzene rings is 4. The average molecular weight is 799 g/mol. The molecule has 4 aromatic carbocycles. The second kappa shape index (κ2) is 18.0. The minimum absolute atomic E-state index is 0.0181. The van der Waals surface area contributed by atoms with E-state index in [9.17, 15) is 33.3 Å². The third-order valence-electron chi connectivity index (χ3n) is 9.53. The molecule has 300 valence electrons. The van der Waals surface area contributed by atoms with Gasteiger partial charge in [-0.15, -0.1) is 0 Å². The zero-order chi connectivity index (χ0) is 40.7. The van der Waals surface area contributed by atoms with Crippen LogP contribution in [-0.2, 0) is 14.6 Å². The number of rotatable bonds is 17. The third-order valence-corrected chi connectivity index (χ3v) is 11.3. The number of nitrogens with two attached hydrogens (primary N) is 1. The Kier molecular flexibility index (Phi) is 12.9. The van der Waals surface area contributed by atoms with Gasteiger partial charge in [0.1, 0.15) is 23.5 Å². The first-order valence-corrected chi connectivity index (χ1v) is 19.9. The zero-order valence-electron chi connectivity index (χ0n) is 31.5. The number of ether oxygens (including phenoxy) is 2. The summed E-state index contributed by atoms with van der Waals surface area (Å²) >= 11 is 0. The highest BCUT2D eigenvalue weighted by Crippen LogP contribution is 2.39. The molecule has 0 radical (unpaired) electrons. The fourth-order valence-corrected chi connectivity index (χ4v) is 8.03. The van der Waals surface area contributed by atoms with Crippen LogP contribution in [0.1, 0.15) is 65.1 Å². The first kappa shape index (κ1) is 40.9. The number of aliphatic hydroxyl groups is 2. The number of amides is 2. The van der Waals surface area contributed by atoms with Crippen molar-refractivity contribution in [2.75, 3.05) is 44.0 Å². The highest BCUT2D eigenvalue weighted by molar-refractivity contribution is 7.91. The SMILES string of the molecule is COc1cccc(Nc2c(C(N)O)cnc3c(C)cc(S(=O)(=O)c4cccc(C(=O)NCCCCCCNC[C@H](O)c5cc(O)cc6c5OCC(=O)N6)c4)cc23)c1. The van der Waals surface area contributed by atoms with Gasteiger partial charge in [0.15, 0.2) is 6.61 Å². The Hall–Kier alpha value is -5.78. The summed E-state index contributed by atoms with van der Waals surface area (Å²) in [5.74, 6) is 0.109. The van der Waals surface area contributed by atoms with E-state index in [1.165, 1.54) is 48.7 Å². The van der Waals surface area contributed by atoms with Gasteiger partial charge in [-0.1, -0.05) is 25.0 Å². The fourth-order valence-electron chi connectivity index (χ4n) is 6.61. The molecule has 0 saturated heterocycles. The van der Waals surface area contributed by atoms with Gasteiger partial charge >= 0.3 is 0 Å². The number of carbonyl (C=O) groups excluding carboxylic acids is 2. The number of unbranched alkanes of at least 4 members (excludes halogenated alkanes) is 3. The molecule has 0 fully saturated rings. The minimum atomic E-state index is -4.12. The van der Waals surface area contributed by atoms with Crippen molar-refractivity contribution in [1.82, 2.24) is 15.6 Å². The Morgan fingerprint density at radius 1 is 0.982 bits per heavy atom. The molecule has 1 aliphatic rings. The van der Waals surface area contributed by atoms with Crippen molar-refractivity contribution >= 4 is 49.6 Å². The number of phenolic OH excluding ortho intramolecular Hbond substituents is 1. The molecule has 1 aromatic heterocycles. The number of aromatic hydroxyl groups is 1. The van der Waals surface area contributed by atoms with Gasteiger partial charge in [0.05, 0.1) is 39.9 Å². The Morgan fingerprint density at radius 3 is 2.53 bits per heavy atom. The number of hydrogen-bond acceptors (Lipinski definition) is 13. The maximum absolute atomic E-state index is 14.1. The van der Waals surface area contributed by atoms with Gasteiger partial charge in [0.25, 0.3) is 11.8 Å². The molecule has 9 N–H and O–H groups in total. The Morgan fingerprint density at radius 2 is 1.75 bits per heavy atom. The molecule has 15 nitrogen and oxygen atoms in total. The van der Waals surface area contributed by atoms with Crippen LogP contribution < -0.4 is 36.5 Å². The lowest BCUT2D eigenvalue weighted by atomic mass is 10.0. The van der Waals surface area contributed by atoms with Gasteiger partial charge in [-0.05, 0) is 80.4 Å². The second-order valence-electron chi connectivity index (χ2n) is 13.7. The lowest BCUT2D eigenvalue weighted by Crippen LogP contribution is -2.28. The van der Waals surface area contributed by atoms with Crippen LogP contribution in [0.2, 0.25) is 0 Å². The van der Waals surface area contributed by atoms with E-state index in [-0.39, 0.29) is 45.7 Å². The predicted molar refractivity (Wildman–Crippen MR) is 215 cm³/mol. The number of methoxy groups -OCH3 is 1. The fraction of sp³-hybridized carbons (Fsp3) is 0.293. The van der Waals surface area contributed by atoms with Gasteiger partial charge < -0.3 is 51.8 Å². The summed E-state index contributed by atoms with van der Waals surface area (Å²) in [5.41, 5.74) is 9.19. The molecule has 1 aliphatic heterocycles. The molecule has 0 spiro atoms. The molecule has 16 heteroatoms. The van der Waals surface area contributed by atoms with Crippen molar-refractivity contribution in [2.24, 2.45) is 5.73 Å². The van der Waals surface area contributed by atoms with Gasteiger partial charge in [-0.2, -0.15) is 0 Å². The molecule has 5 aromatic rings. The molecule has 0 saturated carbocycles. The topological polar surface area (TPSA) is 234 Å². The van der Waals surface area contributed by atoms with Crippen molar-refractivity contribution < 1.29 is 42.8 Å². The summed E-state index contributed by atoms with van der Waals surface area (Å²) in [5, 5.41) is 43.5. The van der Waals surface area contributed by atoms with Crippen LogP contribution in [0.15, 0.2) is 88.8 Å². The lowest BCUT2D eigenvalue weighted by molar-refractivity contribution is -0.118. The molecule has 6 rings (SSSR count). The van der Waals surface area contributed by atoms with Gasteiger partial charge in [0.2, 0.25) is 9.84 Å². The van der Waals surface area contributed by atoms with Crippen LogP contribution in [0.5, 0.6) is 17.2 Å². The normalized spacial score (nSPS) is 13.6. The van der Waals surface area contributed by atoms with Gasteiger partial charge in [-0.3, -0.25) is 14.6 Å². The highest BCUT2D eigenvalue weighted by atomic mass is 32.2. The van der Waals surface area contributed by atoms with E-state index in [1.54, 1.807) is 44.4 Å². The molecule has 2 atom stereocenters. The summed E-state index contributed by atoms with van der Waals surface area (Å²) in [6.45, 7) is 2.83. The lowest BCUT2D eigenvalue weighted by Gasteiger charge is -2.23. The number of aryl methyl sites for hydroxylation is 1. The number of pyridine rings is 1. The van der Waals surface area contributed by atoms with E-state index in [0.717, 1.165) is 19.3 Å². The van der Waals surface area contributed by atoms with Crippen LogP contribution in [0.25, 0.3) is 10.9 Å². The Labute approximate surface area is 330 Å². The molecule has 0 bridgehead atoms. The Balaban J connectivity index is 1.03. The minimum Gasteiger partial charge on any atom is -0.508 e. The van der Waals surface area contributed by atoms with Gasteiger partial charge in [-0.25, -0.2) is 8.42 Å². The maximum atomic E-state index is 14.1. The number of anilines is 3. The number of aromatic nitrogens is 1. The van der Waals surface area contributed by atoms with Crippen molar-refractivity contribution in [3.63, 3.8) is 0 Å². The summed E-state index contributed by atoms with van der Waals surface area (Å²) in [7, 11) is -2.57. The van der Waals surface area contributed by atoms with Crippen LogP contribution in [0.3, 0.4) is 0 Å². The van der Waals surface area contributed by atoms with Crippen LogP contribution in [0.4, 0.5) is 17.1 Å². The number of fused-ring (bicyclic) bond motifs is 2. The van der Waals surface area contributed by atoms with Crippen molar-refractivity contribution in [2.45, 2.75) is 54.7 Å². The average Bonchev–Trinajstić information content (AvgIpc) is 3.19. The summed E-state index contributed by atoms with van der Waals surface area (Å²) in [6, 6.07) is 18.8. The van der Waals surface area contributed by atoms with Crippen LogP contribution in [0, 0.1) is 6.92 Å². The number of hydrogen-bond donors (Lipinski definition) is 8. The summed E-state index contributed by atoms with van der Waals surface area (Å²) in [6.07, 6.45) is 2.33. The standard InChI is InChI=1S/C41H46N6O9S/c1-24-15-30(20-32-37(24)45-21-33(40(42)51)38(32)46-26-10-8-11-28(17-26)55-2)57(53,54)29-12-7-9-25(16-29)41(52)44-14-6-4-3-5-13-43-22-35(49)31-18-27(48)19-34-39(31)56-23-36(50)47-34/h7-12,15-21,35,40,43,48-49,51H,3-6,13-14,22-23,42H2,1-2H3,(H,44,52)(H,45,46)(H,47,50)/t35-,40?/m0/s1. The molecule has 1 unspecified atom stereocenters. The van der Waals surface area contributed by atoms with E-state index in [1.807, 2.05) is 0 Å². The summed E-state index contributed by atoms with van der Waals surface area (Å²) < 4.78 is 38.9. The van der Waals surface area contributed by atoms with Crippen LogP contribution >= 0.6 is 0 Å². The summed E-state index contributed by atoms with van der Waals surface area (Å²) in [4.78, 5) is 29.1. The first-order chi connectivity index (χ1) is 27.3. The number of aliphatic hydroxyl groups excluding tert-OH is 2. The molecule has 0 aliphatic carbocycles. The van der Waals surface area contributed by atoms with E-state index in [2.05, 4.69) is 26.3 Å². The number of nitrogens with zero attached hydrogens (tertiary/aromatic N) is 1. The molecular weight excluding hydrogens is 753 g/mol. The zero-order valence-corrected chi connectivity index (χ0v) is 32.4. The van der Waals surface area contributed by atoms with E-state index in [4.69, 9.17) is 15.2 Å². The van der Waals surface area contributed by atoms with E-state index < -0.39 is 28.1 Å². The molecule has 57 heavy (non-hydrogen) atoms. The van der Waals surface area contributed by atoms with Crippen molar-refractivity contribution in [3.8, 4) is 17.2 Å². The monoisotopic (exact) mass is 798 g/mol. The predicted octanol–water partition coefficient (Wildman–Crippen LogP) is 4.73. The van der Waals surface area contributed by atoms with Crippen molar-refractivity contribution in [1.29, 1.82) is 0 Å². The van der Waals surface area contributed by atoms with E-state index >= 15 is 0 Å². The number of sulfone groups is 1. The van der Waals surface area contributed by atoms with Crippen LogP contribution in [-0.4, -0.2) is 73.9 Å². The number of nitrogens with one attached hydrogen (secondary N) is 4. The maximum Gasteiger partial charge on any atom is 0.262 e. The Bertz CT molecular complexity index is 2390. The van der Waals surface area contributed by atoms with Crippen molar-refractivity contribution in [3.05, 3.63) is 101 Å². The van der Waals surface area contributed by atoms with E-state index in [0.29, 0.717) is 70.1 Å².